The molecule has 0 radical (unpaired) electrons. The molecule has 0 aliphatic carbocycles. The fourth-order valence-corrected chi connectivity index (χ4v) is 3.34. The lowest BCUT2D eigenvalue weighted by Crippen LogP contribution is -2.37. The van der Waals surface area contributed by atoms with Gasteiger partial charge in [-0.1, -0.05) is 45.0 Å². The molecule has 3 rings (SSSR count). The first-order valence-electron chi connectivity index (χ1n) is 9.54. The highest BCUT2D eigenvalue weighted by molar-refractivity contribution is 5.91. The Balaban J connectivity index is 1.57. The van der Waals surface area contributed by atoms with Crippen molar-refractivity contribution in [2.75, 3.05) is 26.2 Å². The molecule has 0 unspecified atom stereocenters. The largest absolute Gasteiger partial charge is 0.459 e. The Morgan fingerprint density at radius 2 is 1.63 bits per heavy atom. The molecule has 1 aromatic carbocycles. The van der Waals surface area contributed by atoms with Crippen LogP contribution < -0.4 is 0 Å². The molecule has 2 aromatic rings. The number of carbonyl (C=O) groups excluding carboxylic acids is 2. The third-order valence-electron chi connectivity index (χ3n) is 5.04. The molecule has 1 saturated heterocycles. The summed E-state index contributed by atoms with van der Waals surface area (Å²) in [6.07, 6.45) is 2.68. The normalized spacial score (nSPS) is 15.5. The minimum atomic E-state index is -0.105. The fraction of sp³-hybridized carbons (Fsp3) is 0.455. The molecule has 27 heavy (non-hydrogen) atoms. The van der Waals surface area contributed by atoms with E-state index in [0.717, 1.165) is 12.0 Å². The van der Waals surface area contributed by atoms with Crippen molar-refractivity contribution in [2.24, 2.45) is 0 Å². The second kappa shape index (κ2) is 7.99. The summed E-state index contributed by atoms with van der Waals surface area (Å²) in [5.41, 5.74) is 2.40. The fourth-order valence-electron chi connectivity index (χ4n) is 3.34. The predicted octanol–water partition coefficient (Wildman–Crippen LogP) is 3.49. The highest BCUT2D eigenvalue weighted by Crippen LogP contribution is 2.22. The zero-order valence-corrected chi connectivity index (χ0v) is 16.4. The van der Waals surface area contributed by atoms with E-state index in [0.29, 0.717) is 38.4 Å². The molecule has 5 heteroatoms. The van der Waals surface area contributed by atoms with Crippen LogP contribution in [0, 0.1) is 0 Å². The second-order valence-electron chi connectivity index (χ2n) is 8.13. The zero-order valence-electron chi connectivity index (χ0n) is 16.4. The van der Waals surface area contributed by atoms with Crippen molar-refractivity contribution >= 4 is 11.8 Å². The molecule has 0 saturated carbocycles. The molecule has 0 spiro atoms. The van der Waals surface area contributed by atoms with Gasteiger partial charge in [-0.2, -0.15) is 0 Å². The number of rotatable bonds is 3. The summed E-state index contributed by atoms with van der Waals surface area (Å²) < 4.78 is 5.20. The monoisotopic (exact) mass is 368 g/mol. The van der Waals surface area contributed by atoms with Crippen molar-refractivity contribution in [2.45, 2.75) is 39.0 Å². The molecule has 1 aliphatic rings. The standard InChI is InChI=1S/C22H28N2O3/c1-22(2,3)18-9-7-17(8-10-18)16-20(25)23-11-5-12-24(14-13-23)21(26)19-6-4-15-27-19/h4,6-10,15H,5,11-14,16H2,1-3H3. The van der Waals surface area contributed by atoms with Crippen LogP contribution in [0.3, 0.4) is 0 Å². The summed E-state index contributed by atoms with van der Waals surface area (Å²) in [6, 6.07) is 11.7. The first-order chi connectivity index (χ1) is 12.8. The van der Waals surface area contributed by atoms with E-state index < -0.39 is 0 Å². The molecule has 0 N–H and O–H groups in total. The van der Waals surface area contributed by atoms with E-state index in [4.69, 9.17) is 4.42 Å². The van der Waals surface area contributed by atoms with Crippen LogP contribution in [0.1, 0.15) is 48.9 Å². The van der Waals surface area contributed by atoms with E-state index in [1.807, 2.05) is 17.0 Å². The first-order valence-corrected chi connectivity index (χ1v) is 9.54. The lowest BCUT2D eigenvalue weighted by atomic mass is 9.86. The molecule has 0 atom stereocenters. The van der Waals surface area contributed by atoms with Crippen LogP contribution >= 0.6 is 0 Å². The van der Waals surface area contributed by atoms with Crippen molar-refractivity contribution in [3.63, 3.8) is 0 Å². The van der Waals surface area contributed by atoms with E-state index in [1.54, 1.807) is 17.0 Å². The summed E-state index contributed by atoms with van der Waals surface area (Å²) in [5, 5.41) is 0. The van der Waals surface area contributed by atoms with E-state index in [9.17, 15) is 9.59 Å². The number of benzene rings is 1. The summed E-state index contributed by atoms with van der Waals surface area (Å²) in [6.45, 7) is 8.96. The highest BCUT2D eigenvalue weighted by atomic mass is 16.3. The third-order valence-corrected chi connectivity index (χ3v) is 5.04. The number of furan rings is 1. The molecule has 0 bridgehead atoms. The van der Waals surface area contributed by atoms with Gasteiger partial charge in [-0.3, -0.25) is 9.59 Å². The van der Waals surface area contributed by atoms with Crippen LogP contribution in [0.5, 0.6) is 0 Å². The second-order valence-corrected chi connectivity index (χ2v) is 8.13. The molecule has 144 valence electrons. The Morgan fingerprint density at radius 3 is 2.26 bits per heavy atom. The maximum absolute atomic E-state index is 12.7. The average molecular weight is 368 g/mol. The minimum absolute atomic E-state index is 0.105. The lowest BCUT2D eigenvalue weighted by Gasteiger charge is -2.22. The van der Waals surface area contributed by atoms with Crippen molar-refractivity contribution in [1.29, 1.82) is 0 Å². The van der Waals surface area contributed by atoms with Crippen LogP contribution in [0.4, 0.5) is 0 Å². The Bertz CT molecular complexity index is 773. The van der Waals surface area contributed by atoms with Crippen LogP contribution in [-0.4, -0.2) is 47.8 Å². The first kappa shape index (κ1) is 19.2. The molecule has 1 aromatic heterocycles. The van der Waals surface area contributed by atoms with Gasteiger partial charge in [0.25, 0.3) is 5.91 Å². The van der Waals surface area contributed by atoms with Crippen LogP contribution in [0.2, 0.25) is 0 Å². The van der Waals surface area contributed by atoms with Gasteiger partial charge in [-0.15, -0.1) is 0 Å². The maximum Gasteiger partial charge on any atom is 0.289 e. The summed E-state index contributed by atoms with van der Waals surface area (Å²) in [7, 11) is 0. The summed E-state index contributed by atoms with van der Waals surface area (Å²) in [5.74, 6) is 0.367. The highest BCUT2D eigenvalue weighted by Gasteiger charge is 2.24. The quantitative estimate of drug-likeness (QED) is 0.833. The Labute approximate surface area is 160 Å². The molecule has 1 fully saturated rings. The Kier molecular flexibility index (Phi) is 5.68. The number of amides is 2. The third kappa shape index (κ3) is 4.79. The van der Waals surface area contributed by atoms with Crippen LogP contribution in [0.25, 0.3) is 0 Å². The Morgan fingerprint density at radius 1 is 0.963 bits per heavy atom. The van der Waals surface area contributed by atoms with Gasteiger partial charge in [0.2, 0.25) is 5.91 Å². The molecular weight excluding hydrogens is 340 g/mol. The molecule has 2 heterocycles. The van der Waals surface area contributed by atoms with Gasteiger partial charge in [0.05, 0.1) is 12.7 Å². The molecule has 2 amide bonds. The molecule has 1 aliphatic heterocycles. The zero-order chi connectivity index (χ0) is 19.4. The summed E-state index contributed by atoms with van der Waals surface area (Å²) >= 11 is 0. The van der Waals surface area contributed by atoms with Gasteiger partial charge >= 0.3 is 0 Å². The Hall–Kier alpha value is -2.56. The van der Waals surface area contributed by atoms with Crippen LogP contribution in [0.15, 0.2) is 47.1 Å². The smallest absolute Gasteiger partial charge is 0.289 e. The van der Waals surface area contributed by atoms with E-state index >= 15 is 0 Å². The van der Waals surface area contributed by atoms with Gasteiger partial charge in [-0.25, -0.2) is 0 Å². The number of hydrogen-bond acceptors (Lipinski definition) is 3. The molecular formula is C22H28N2O3. The number of carbonyl (C=O) groups is 2. The van der Waals surface area contributed by atoms with E-state index in [1.165, 1.54) is 11.8 Å². The minimum Gasteiger partial charge on any atom is -0.459 e. The van der Waals surface area contributed by atoms with Crippen molar-refractivity contribution in [1.82, 2.24) is 9.80 Å². The van der Waals surface area contributed by atoms with Gasteiger partial charge in [-0.05, 0) is 35.1 Å². The summed E-state index contributed by atoms with van der Waals surface area (Å²) in [4.78, 5) is 28.8. The van der Waals surface area contributed by atoms with Gasteiger partial charge in [0.15, 0.2) is 5.76 Å². The molecule has 5 nitrogen and oxygen atoms in total. The van der Waals surface area contributed by atoms with Crippen molar-refractivity contribution in [3.05, 3.63) is 59.5 Å². The number of nitrogens with zero attached hydrogens (tertiary/aromatic N) is 2. The average Bonchev–Trinajstić information content (AvgIpc) is 3.05. The lowest BCUT2D eigenvalue weighted by molar-refractivity contribution is -0.130. The van der Waals surface area contributed by atoms with E-state index in [-0.39, 0.29) is 17.2 Å². The van der Waals surface area contributed by atoms with Crippen LogP contribution in [-0.2, 0) is 16.6 Å². The predicted molar refractivity (Wildman–Crippen MR) is 105 cm³/mol. The van der Waals surface area contributed by atoms with E-state index in [2.05, 4.69) is 32.9 Å². The van der Waals surface area contributed by atoms with Crippen molar-refractivity contribution in [3.8, 4) is 0 Å². The maximum atomic E-state index is 12.7. The SMILES string of the molecule is CC(C)(C)c1ccc(CC(=O)N2CCCN(C(=O)c3ccco3)CC2)cc1. The van der Waals surface area contributed by atoms with Gasteiger partial charge in [0.1, 0.15) is 0 Å². The van der Waals surface area contributed by atoms with Gasteiger partial charge < -0.3 is 14.2 Å². The van der Waals surface area contributed by atoms with Gasteiger partial charge in [0, 0.05) is 26.2 Å². The number of hydrogen-bond donors (Lipinski definition) is 0. The van der Waals surface area contributed by atoms with Crippen molar-refractivity contribution < 1.29 is 14.0 Å². The topological polar surface area (TPSA) is 53.8 Å².